The van der Waals surface area contributed by atoms with E-state index in [1.807, 2.05) is 0 Å². The fraction of sp³-hybridized carbons (Fsp3) is 0.529. The standard InChI is InChI=1S/C17H24N4O8/c1-17(2,3)29-16(24)19-13(15(22)23)6-4-5-9-18-12-8-7-11(20(25)26)10-14(12)21(27)28/h7-8,10,13,18H,4-6,9H2,1-3H3,(H,19,24)(H,22,23). The van der Waals surface area contributed by atoms with Gasteiger partial charge in [0.05, 0.1) is 15.9 Å². The predicted octanol–water partition coefficient (Wildman–Crippen LogP) is 3.06. The first kappa shape index (κ1) is 23.6. The van der Waals surface area contributed by atoms with E-state index in [9.17, 15) is 34.9 Å². The monoisotopic (exact) mass is 412 g/mol. The van der Waals surface area contributed by atoms with Crippen LogP contribution in [0.4, 0.5) is 21.9 Å². The fourth-order valence-corrected chi connectivity index (χ4v) is 2.34. The van der Waals surface area contributed by atoms with E-state index in [1.165, 1.54) is 6.07 Å². The number of carboxylic acid groups (broad SMARTS) is 1. The van der Waals surface area contributed by atoms with Gasteiger partial charge in [-0.15, -0.1) is 0 Å². The average molecular weight is 412 g/mol. The maximum Gasteiger partial charge on any atom is 0.408 e. The molecule has 0 spiro atoms. The molecule has 1 atom stereocenters. The Labute approximate surface area is 166 Å². The third kappa shape index (κ3) is 8.41. The normalized spacial score (nSPS) is 12.0. The van der Waals surface area contributed by atoms with Gasteiger partial charge in [0.25, 0.3) is 11.4 Å². The second kappa shape index (κ2) is 10.2. The minimum Gasteiger partial charge on any atom is -0.480 e. The zero-order chi connectivity index (χ0) is 22.2. The molecule has 0 aromatic heterocycles. The summed E-state index contributed by atoms with van der Waals surface area (Å²) in [5.74, 6) is -1.20. The number of unbranched alkanes of at least 4 members (excludes halogenated alkanes) is 1. The van der Waals surface area contributed by atoms with Gasteiger partial charge in [-0.25, -0.2) is 9.59 Å². The Kier molecular flexibility index (Phi) is 8.30. The molecule has 0 saturated carbocycles. The minimum atomic E-state index is -1.20. The maximum absolute atomic E-state index is 11.7. The first-order valence-corrected chi connectivity index (χ1v) is 8.79. The summed E-state index contributed by atoms with van der Waals surface area (Å²) < 4.78 is 5.03. The van der Waals surface area contributed by atoms with Gasteiger partial charge in [-0.1, -0.05) is 0 Å². The molecule has 0 aliphatic rings. The van der Waals surface area contributed by atoms with Gasteiger partial charge < -0.3 is 20.5 Å². The van der Waals surface area contributed by atoms with E-state index in [-0.39, 0.29) is 24.3 Å². The van der Waals surface area contributed by atoms with Crippen molar-refractivity contribution in [2.24, 2.45) is 0 Å². The number of aliphatic carboxylic acids is 1. The summed E-state index contributed by atoms with van der Waals surface area (Å²) >= 11 is 0. The lowest BCUT2D eigenvalue weighted by Crippen LogP contribution is -2.43. The molecule has 0 heterocycles. The van der Waals surface area contributed by atoms with Gasteiger partial charge in [-0.3, -0.25) is 20.2 Å². The summed E-state index contributed by atoms with van der Waals surface area (Å²) in [5, 5.41) is 36.1. The lowest BCUT2D eigenvalue weighted by Gasteiger charge is -2.22. The maximum atomic E-state index is 11.7. The summed E-state index contributed by atoms with van der Waals surface area (Å²) in [6, 6.07) is 2.15. The first-order chi connectivity index (χ1) is 13.4. The number of rotatable bonds is 10. The van der Waals surface area contributed by atoms with E-state index >= 15 is 0 Å². The van der Waals surface area contributed by atoms with Crippen molar-refractivity contribution < 1.29 is 29.3 Å². The Morgan fingerprint density at radius 1 is 1.17 bits per heavy atom. The van der Waals surface area contributed by atoms with Crippen LogP contribution in [0.25, 0.3) is 0 Å². The summed E-state index contributed by atoms with van der Waals surface area (Å²) in [7, 11) is 0. The average Bonchev–Trinajstić information content (AvgIpc) is 2.58. The van der Waals surface area contributed by atoms with Gasteiger partial charge >= 0.3 is 12.1 Å². The first-order valence-electron chi connectivity index (χ1n) is 8.79. The van der Waals surface area contributed by atoms with Crippen LogP contribution >= 0.6 is 0 Å². The fourth-order valence-electron chi connectivity index (χ4n) is 2.34. The molecule has 1 amide bonds. The highest BCUT2D eigenvalue weighted by molar-refractivity contribution is 5.79. The highest BCUT2D eigenvalue weighted by atomic mass is 16.6. The molecule has 1 unspecified atom stereocenters. The van der Waals surface area contributed by atoms with Crippen molar-refractivity contribution in [3.8, 4) is 0 Å². The van der Waals surface area contributed by atoms with E-state index in [1.54, 1.807) is 20.8 Å². The van der Waals surface area contributed by atoms with E-state index in [0.717, 1.165) is 12.1 Å². The zero-order valence-corrected chi connectivity index (χ0v) is 16.3. The second-order valence-corrected chi connectivity index (χ2v) is 7.18. The number of amides is 1. The van der Waals surface area contributed by atoms with Gasteiger partial charge in [-0.2, -0.15) is 0 Å². The highest BCUT2D eigenvalue weighted by Gasteiger charge is 2.23. The molecule has 0 aliphatic heterocycles. The molecule has 1 aromatic carbocycles. The molecule has 0 aliphatic carbocycles. The number of carbonyl (C=O) groups is 2. The number of nitro benzene ring substituents is 2. The number of alkyl carbamates (subject to hydrolysis) is 1. The van der Waals surface area contributed by atoms with Crippen molar-refractivity contribution in [1.82, 2.24) is 5.32 Å². The Balaban J connectivity index is 2.54. The largest absolute Gasteiger partial charge is 0.480 e. The molecule has 0 fully saturated rings. The van der Waals surface area contributed by atoms with Gasteiger partial charge in [0.1, 0.15) is 17.3 Å². The smallest absolute Gasteiger partial charge is 0.408 e. The number of anilines is 1. The molecule has 160 valence electrons. The molecule has 12 heteroatoms. The van der Waals surface area contributed by atoms with E-state index in [2.05, 4.69) is 10.6 Å². The van der Waals surface area contributed by atoms with Crippen LogP contribution < -0.4 is 10.6 Å². The molecule has 3 N–H and O–H groups in total. The highest BCUT2D eigenvalue weighted by Crippen LogP contribution is 2.28. The van der Waals surface area contributed by atoms with Crippen molar-refractivity contribution >= 4 is 29.1 Å². The Morgan fingerprint density at radius 3 is 2.34 bits per heavy atom. The van der Waals surface area contributed by atoms with E-state index in [4.69, 9.17) is 4.74 Å². The molecule has 0 radical (unpaired) electrons. The summed E-state index contributed by atoms with van der Waals surface area (Å²) in [5.41, 5.74) is -1.44. The predicted molar refractivity (Wildman–Crippen MR) is 103 cm³/mol. The van der Waals surface area contributed by atoms with Crippen molar-refractivity contribution in [2.45, 2.75) is 51.7 Å². The molecule has 29 heavy (non-hydrogen) atoms. The number of non-ortho nitro benzene ring substituents is 1. The van der Waals surface area contributed by atoms with Crippen LogP contribution in [0, 0.1) is 20.2 Å². The van der Waals surface area contributed by atoms with Crippen LogP contribution in [0.15, 0.2) is 18.2 Å². The van der Waals surface area contributed by atoms with Gasteiger partial charge in [0.2, 0.25) is 0 Å². The van der Waals surface area contributed by atoms with Gasteiger partial charge in [-0.05, 0) is 46.1 Å². The van der Waals surface area contributed by atoms with Crippen LogP contribution in [0.5, 0.6) is 0 Å². The second-order valence-electron chi connectivity index (χ2n) is 7.18. The number of carboxylic acids is 1. The molecule has 12 nitrogen and oxygen atoms in total. The van der Waals surface area contributed by atoms with Crippen LogP contribution in [0.2, 0.25) is 0 Å². The van der Waals surface area contributed by atoms with Crippen LogP contribution in [0.3, 0.4) is 0 Å². The number of carbonyl (C=O) groups excluding carboxylic acids is 1. The number of ether oxygens (including phenoxy) is 1. The summed E-state index contributed by atoms with van der Waals surface area (Å²) in [6.45, 7) is 5.25. The van der Waals surface area contributed by atoms with E-state index in [0.29, 0.717) is 12.8 Å². The minimum absolute atomic E-state index is 0.127. The summed E-state index contributed by atoms with van der Waals surface area (Å²) in [4.78, 5) is 43.3. The summed E-state index contributed by atoms with van der Waals surface area (Å²) in [6.07, 6.45) is 0.164. The SMILES string of the molecule is CC(C)(C)OC(=O)NC(CCCCNc1ccc([N+](=O)[O-])cc1[N+](=O)[O-])C(=O)O. The van der Waals surface area contributed by atoms with E-state index < -0.39 is 39.2 Å². The van der Waals surface area contributed by atoms with Crippen LogP contribution in [-0.2, 0) is 9.53 Å². The molecular weight excluding hydrogens is 388 g/mol. The lowest BCUT2D eigenvalue weighted by atomic mass is 10.1. The molecule has 0 bridgehead atoms. The zero-order valence-electron chi connectivity index (χ0n) is 16.3. The van der Waals surface area contributed by atoms with Crippen molar-refractivity contribution in [3.63, 3.8) is 0 Å². The van der Waals surface area contributed by atoms with Crippen molar-refractivity contribution in [3.05, 3.63) is 38.4 Å². The van der Waals surface area contributed by atoms with Gasteiger partial charge in [0, 0.05) is 12.6 Å². The van der Waals surface area contributed by atoms with Crippen molar-refractivity contribution in [1.29, 1.82) is 0 Å². The molecular formula is C17H24N4O8. The lowest BCUT2D eigenvalue weighted by molar-refractivity contribution is -0.393. The van der Waals surface area contributed by atoms with Crippen LogP contribution in [0.1, 0.15) is 40.0 Å². The third-order valence-corrected chi connectivity index (χ3v) is 3.61. The quantitative estimate of drug-likeness (QED) is 0.296. The molecule has 1 aromatic rings. The molecule has 0 saturated heterocycles. The third-order valence-electron chi connectivity index (χ3n) is 3.61. The number of nitrogens with one attached hydrogen (secondary N) is 2. The number of hydrogen-bond donors (Lipinski definition) is 3. The van der Waals surface area contributed by atoms with Gasteiger partial charge in [0.15, 0.2) is 0 Å². The number of nitro groups is 2. The molecule has 1 rings (SSSR count). The number of hydrogen-bond acceptors (Lipinski definition) is 8. The Morgan fingerprint density at radius 2 is 1.83 bits per heavy atom. The number of nitrogens with zero attached hydrogens (tertiary/aromatic N) is 2. The van der Waals surface area contributed by atoms with Crippen LogP contribution in [-0.4, -0.2) is 45.2 Å². The Hall–Kier alpha value is -3.44. The topological polar surface area (TPSA) is 174 Å². The Bertz CT molecular complexity index is 775. The van der Waals surface area contributed by atoms with Crippen molar-refractivity contribution in [2.75, 3.05) is 11.9 Å². The number of benzene rings is 1.